The summed E-state index contributed by atoms with van der Waals surface area (Å²) in [6, 6.07) is 5.77. The topological polar surface area (TPSA) is 0 Å². The van der Waals surface area contributed by atoms with Gasteiger partial charge in [0.25, 0.3) is 0 Å². The second-order valence-corrected chi connectivity index (χ2v) is 4.87. The molecule has 2 heteroatoms. The number of hydrogen-bond acceptors (Lipinski definition) is 1. The molecule has 0 saturated carbocycles. The molecule has 1 atom stereocenters. The highest BCUT2D eigenvalue weighted by Gasteiger charge is 2.05. The quantitative estimate of drug-likeness (QED) is 0.590. The van der Waals surface area contributed by atoms with E-state index in [9.17, 15) is 4.39 Å². The summed E-state index contributed by atoms with van der Waals surface area (Å²) in [7, 11) is 0. The number of alkyl halides is 1. The molecule has 1 aromatic rings. The van der Waals surface area contributed by atoms with Crippen LogP contribution >= 0.6 is 11.8 Å². The average molecular weight is 254 g/mol. The van der Waals surface area contributed by atoms with Crippen LogP contribution < -0.4 is 0 Å². The van der Waals surface area contributed by atoms with E-state index in [0.717, 1.165) is 11.1 Å². The summed E-state index contributed by atoms with van der Waals surface area (Å²) in [6.07, 6.45) is -0.883. The molecule has 0 spiro atoms. The molecule has 0 aliphatic carbocycles. The number of aryl methyl sites for hydroxylation is 1. The maximum atomic E-state index is 13.0. The fourth-order valence-electron chi connectivity index (χ4n) is 1.23. The highest BCUT2D eigenvalue weighted by Crippen LogP contribution is 2.27. The molecule has 0 aliphatic heterocycles. The summed E-state index contributed by atoms with van der Waals surface area (Å²) in [6.45, 7) is 11.7. The zero-order valence-electron chi connectivity index (χ0n) is 11.7. The van der Waals surface area contributed by atoms with Gasteiger partial charge in [-0.2, -0.15) is 0 Å². The van der Waals surface area contributed by atoms with Gasteiger partial charge in [-0.05, 0) is 50.3 Å². The van der Waals surface area contributed by atoms with Crippen molar-refractivity contribution >= 4 is 11.8 Å². The monoisotopic (exact) mass is 254 g/mol. The van der Waals surface area contributed by atoms with Gasteiger partial charge in [-0.15, -0.1) is 0 Å². The van der Waals surface area contributed by atoms with Crippen LogP contribution in [0, 0.1) is 6.92 Å². The van der Waals surface area contributed by atoms with Crippen molar-refractivity contribution in [2.75, 3.05) is 0 Å². The zero-order chi connectivity index (χ0) is 13.4. The molecular formula is C15H23FS. The standard InChI is InChI=1S/C13H17FS.C2H6/c1-9(2)8-15-13-6-5-12(11(4)14)7-10(13)3;1-2/h5-8,11H,1-4H3;1-2H3. The summed E-state index contributed by atoms with van der Waals surface area (Å²) < 4.78 is 13.0. The molecule has 0 fully saturated rings. The second-order valence-electron chi connectivity index (χ2n) is 3.95. The molecular weight excluding hydrogens is 231 g/mol. The average Bonchev–Trinajstić information content (AvgIpc) is 2.29. The molecule has 1 unspecified atom stereocenters. The number of rotatable bonds is 3. The summed E-state index contributed by atoms with van der Waals surface area (Å²) in [5.74, 6) is 0. The van der Waals surface area contributed by atoms with Gasteiger partial charge >= 0.3 is 0 Å². The predicted octanol–water partition coefficient (Wildman–Crippen LogP) is 6.07. The Kier molecular flexibility index (Phi) is 7.98. The first-order valence-electron chi connectivity index (χ1n) is 6.05. The first kappa shape index (κ1) is 16.2. The van der Waals surface area contributed by atoms with E-state index in [2.05, 4.69) is 19.3 Å². The zero-order valence-corrected chi connectivity index (χ0v) is 12.5. The highest BCUT2D eigenvalue weighted by molar-refractivity contribution is 8.02. The predicted molar refractivity (Wildman–Crippen MR) is 77.3 cm³/mol. The van der Waals surface area contributed by atoms with Gasteiger partial charge in [0, 0.05) is 4.90 Å². The number of thioether (sulfide) groups is 1. The molecule has 0 N–H and O–H groups in total. The smallest absolute Gasteiger partial charge is 0.122 e. The third-order valence-electron chi connectivity index (χ3n) is 2.08. The van der Waals surface area contributed by atoms with Crippen LogP contribution in [0.1, 0.15) is 51.9 Å². The van der Waals surface area contributed by atoms with Gasteiger partial charge in [-0.1, -0.05) is 43.3 Å². The van der Waals surface area contributed by atoms with Crippen LogP contribution in [0.3, 0.4) is 0 Å². The van der Waals surface area contributed by atoms with Crippen molar-refractivity contribution in [2.24, 2.45) is 0 Å². The van der Waals surface area contributed by atoms with Gasteiger partial charge in [0.05, 0.1) is 0 Å². The second kappa shape index (κ2) is 8.35. The van der Waals surface area contributed by atoms with E-state index < -0.39 is 6.17 Å². The molecule has 1 aromatic carbocycles. The highest BCUT2D eigenvalue weighted by atomic mass is 32.2. The molecule has 0 heterocycles. The molecule has 0 aromatic heterocycles. The fraction of sp³-hybridized carbons (Fsp3) is 0.467. The van der Waals surface area contributed by atoms with Crippen LogP contribution in [-0.2, 0) is 0 Å². The molecule has 0 bridgehead atoms. The van der Waals surface area contributed by atoms with E-state index in [1.807, 2.05) is 39.0 Å². The molecule has 17 heavy (non-hydrogen) atoms. The van der Waals surface area contributed by atoms with Crippen LogP contribution in [0.2, 0.25) is 0 Å². The first-order chi connectivity index (χ1) is 8.00. The SMILES string of the molecule is CC.CC(C)=CSc1ccc(C(C)F)cc1C. The Morgan fingerprint density at radius 1 is 1.29 bits per heavy atom. The molecule has 96 valence electrons. The Labute approximate surface area is 109 Å². The summed E-state index contributed by atoms with van der Waals surface area (Å²) in [5, 5.41) is 2.11. The van der Waals surface area contributed by atoms with E-state index >= 15 is 0 Å². The van der Waals surface area contributed by atoms with E-state index in [1.165, 1.54) is 10.5 Å². The normalized spacial score (nSPS) is 11.2. The van der Waals surface area contributed by atoms with Crippen LogP contribution in [0.4, 0.5) is 4.39 Å². The largest absolute Gasteiger partial charge is 0.243 e. The lowest BCUT2D eigenvalue weighted by molar-refractivity contribution is 0.374. The minimum Gasteiger partial charge on any atom is -0.243 e. The summed E-state index contributed by atoms with van der Waals surface area (Å²) in [5.41, 5.74) is 3.18. The Morgan fingerprint density at radius 2 is 1.88 bits per heavy atom. The lowest BCUT2D eigenvalue weighted by Crippen LogP contribution is -1.87. The van der Waals surface area contributed by atoms with Gasteiger partial charge < -0.3 is 0 Å². The van der Waals surface area contributed by atoms with Gasteiger partial charge in [0.1, 0.15) is 6.17 Å². The van der Waals surface area contributed by atoms with Crippen LogP contribution in [-0.4, -0.2) is 0 Å². The minimum atomic E-state index is -0.883. The fourth-order valence-corrected chi connectivity index (χ4v) is 1.99. The van der Waals surface area contributed by atoms with E-state index in [-0.39, 0.29) is 0 Å². The van der Waals surface area contributed by atoms with Gasteiger partial charge in [0.2, 0.25) is 0 Å². The minimum absolute atomic E-state index is 0.758. The molecule has 0 radical (unpaired) electrons. The Bertz CT molecular complexity index is 363. The van der Waals surface area contributed by atoms with Gasteiger partial charge in [-0.25, -0.2) is 4.39 Å². The maximum Gasteiger partial charge on any atom is 0.122 e. The summed E-state index contributed by atoms with van der Waals surface area (Å²) >= 11 is 1.69. The third kappa shape index (κ3) is 5.92. The van der Waals surface area contributed by atoms with Gasteiger partial charge in [0.15, 0.2) is 0 Å². The number of benzene rings is 1. The number of allylic oxidation sites excluding steroid dienone is 1. The van der Waals surface area contributed by atoms with Crippen molar-refractivity contribution in [2.45, 2.75) is 52.6 Å². The summed E-state index contributed by atoms with van der Waals surface area (Å²) in [4.78, 5) is 1.20. The molecule has 1 rings (SSSR count). The van der Waals surface area contributed by atoms with Crippen molar-refractivity contribution < 1.29 is 4.39 Å². The van der Waals surface area contributed by atoms with Crippen molar-refractivity contribution in [1.82, 2.24) is 0 Å². The molecule has 0 nitrogen and oxygen atoms in total. The van der Waals surface area contributed by atoms with Crippen molar-refractivity contribution in [1.29, 1.82) is 0 Å². The Morgan fingerprint density at radius 3 is 2.29 bits per heavy atom. The number of hydrogen-bond donors (Lipinski definition) is 0. The van der Waals surface area contributed by atoms with E-state index in [1.54, 1.807) is 18.7 Å². The van der Waals surface area contributed by atoms with Crippen LogP contribution in [0.5, 0.6) is 0 Å². The molecule has 0 aliphatic rings. The van der Waals surface area contributed by atoms with E-state index in [4.69, 9.17) is 0 Å². The molecule has 0 saturated heterocycles. The number of halogens is 1. The van der Waals surface area contributed by atoms with Crippen molar-refractivity contribution in [3.63, 3.8) is 0 Å². The maximum absolute atomic E-state index is 13.0. The lowest BCUT2D eigenvalue weighted by atomic mass is 10.1. The Hall–Kier alpha value is -0.760. The lowest BCUT2D eigenvalue weighted by Gasteiger charge is -2.07. The van der Waals surface area contributed by atoms with Gasteiger partial charge in [-0.3, -0.25) is 0 Å². The van der Waals surface area contributed by atoms with Crippen LogP contribution in [0.15, 0.2) is 34.1 Å². The Balaban J connectivity index is 0.00000121. The van der Waals surface area contributed by atoms with Crippen molar-refractivity contribution in [3.8, 4) is 0 Å². The van der Waals surface area contributed by atoms with Crippen LogP contribution in [0.25, 0.3) is 0 Å². The third-order valence-corrected chi connectivity index (χ3v) is 3.38. The van der Waals surface area contributed by atoms with Crippen molar-refractivity contribution in [3.05, 3.63) is 40.3 Å². The van der Waals surface area contributed by atoms with E-state index in [0.29, 0.717) is 0 Å². The first-order valence-corrected chi connectivity index (χ1v) is 6.93. The molecule has 0 amide bonds.